The zero-order valence-electron chi connectivity index (χ0n) is 22.1. The number of rotatable bonds is 11. The molecule has 208 valence electrons. The van der Waals surface area contributed by atoms with Crippen LogP contribution in [0.2, 0.25) is 10.0 Å². The highest BCUT2D eigenvalue weighted by atomic mass is 35.5. The van der Waals surface area contributed by atoms with E-state index in [1.165, 1.54) is 31.2 Å². The summed E-state index contributed by atoms with van der Waals surface area (Å²) in [7, 11) is -1.33. The summed E-state index contributed by atoms with van der Waals surface area (Å²) in [5, 5.41) is 3.22. The maximum absolute atomic E-state index is 14.1. The Morgan fingerprint density at radius 1 is 1.00 bits per heavy atom. The summed E-state index contributed by atoms with van der Waals surface area (Å²) >= 11 is 12.8. The summed E-state index contributed by atoms with van der Waals surface area (Å²) in [6.07, 6.45) is 0.271. The third-order valence-corrected chi connectivity index (χ3v) is 8.72. The third-order valence-electron chi connectivity index (χ3n) is 6.24. The van der Waals surface area contributed by atoms with Crippen molar-refractivity contribution >= 4 is 50.7 Å². The van der Waals surface area contributed by atoms with Gasteiger partial charge in [-0.05, 0) is 55.3 Å². The van der Waals surface area contributed by atoms with E-state index in [-0.39, 0.29) is 29.3 Å². The van der Waals surface area contributed by atoms with Gasteiger partial charge in [0.1, 0.15) is 18.3 Å². The number of ether oxygens (including phenoxy) is 1. The normalized spacial score (nSPS) is 11.9. The molecule has 0 aliphatic rings. The molecule has 0 fully saturated rings. The highest BCUT2D eigenvalue weighted by Gasteiger charge is 2.35. The first-order chi connectivity index (χ1) is 18.5. The van der Waals surface area contributed by atoms with Gasteiger partial charge in [0.05, 0.1) is 17.7 Å². The van der Waals surface area contributed by atoms with Crippen LogP contribution >= 0.6 is 23.2 Å². The van der Waals surface area contributed by atoms with Crippen LogP contribution in [0.25, 0.3) is 0 Å². The lowest BCUT2D eigenvalue weighted by molar-refractivity contribution is -0.140. The summed E-state index contributed by atoms with van der Waals surface area (Å²) < 4.78 is 34.4. The van der Waals surface area contributed by atoms with E-state index in [2.05, 4.69) is 5.32 Å². The molecule has 0 heterocycles. The van der Waals surface area contributed by atoms with Gasteiger partial charge in [-0.15, -0.1) is 0 Å². The van der Waals surface area contributed by atoms with Gasteiger partial charge < -0.3 is 15.0 Å². The average molecular weight is 593 g/mol. The molecular formula is C28H31Cl2N3O5S. The van der Waals surface area contributed by atoms with Gasteiger partial charge in [-0.1, -0.05) is 60.5 Å². The Kier molecular flexibility index (Phi) is 10.2. The largest absolute Gasteiger partial charge is 0.495 e. The Morgan fingerprint density at radius 2 is 1.64 bits per heavy atom. The molecule has 0 radical (unpaired) electrons. The molecule has 0 aliphatic carbocycles. The lowest BCUT2D eigenvalue weighted by Gasteiger charge is -2.33. The van der Waals surface area contributed by atoms with Crippen molar-refractivity contribution in [3.05, 3.63) is 87.9 Å². The summed E-state index contributed by atoms with van der Waals surface area (Å²) in [6.45, 7) is 2.86. The van der Waals surface area contributed by atoms with E-state index in [9.17, 15) is 18.0 Å². The Labute approximate surface area is 239 Å². The smallest absolute Gasteiger partial charge is 0.264 e. The van der Waals surface area contributed by atoms with E-state index >= 15 is 0 Å². The number of carbonyl (C=O) groups excluding carboxylic acids is 2. The molecule has 39 heavy (non-hydrogen) atoms. The van der Waals surface area contributed by atoms with Gasteiger partial charge in [-0.2, -0.15) is 0 Å². The molecular weight excluding hydrogens is 561 g/mol. The summed E-state index contributed by atoms with van der Waals surface area (Å²) in [5.74, 6) is -0.754. The molecule has 0 bridgehead atoms. The van der Waals surface area contributed by atoms with Crippen molar-refractivity contribution in [1.82, 2.24) is 10.2 Å². The molecule has 0 saturated carbocycles. The van der Waals surface area contributed by atoms with Crippen LogP contribution in [0.4, 0.5) is 5.69 Å². The quantitative estimate of drug-likeness (QED) is 0.336. The van der Waals surface area contributed by atoms with E-state index in [1.54, 1.807) is 61.5 Å². The average Bonchev–Trinajstić information content (AvgIpc) is 2.93. The second-order valence-electron chi connectivity index (χ2n) is 8.76. The van der Waals surface area contributed by atoms with Crippen molar-refractivity contribution in [2.75, 3.05) is 25.0 Å². The minimum atomic E-state index is -4.23. The van der Waals surface area contributed by atoms with Gasteiger partial charge in [0.25, 0.3) is 10.0 Å². The summed E-state index contributed by atoms with van der Waals surface area (Å²) in [5.41, 5.74) is 1.41. The Hall–Kier alpha value is -3.27. The number of sulfonamides is 1. The van der Waals surface area contributed by atoms with Crippen LogP contribution in [0.1, 0.15) is 24.5 Å². The molecule has 3 aromatic carbocycles. The SMILES string of the molecule is CCC(C(=O)NC)N(Cc1c(Cl)cccc1Cl)C(=O)CN(c1cc(C)ccc1OC)S(=O)(=O)c1ccccc1. The standard InChI is InChI=1S/C28H31Cl2N3O5S/c1-5-24(28(35)31-3)32(17-21-22(29)12-9-13-23(21)30)27(34)18-33(25-16-19(2)14-15-26(25)38-4)39(36,37)20-10-7-6-8-11-20/h6-16,24H,5,17-18H2,1-4H3,(H,31,35). The van der Waals surface area contributed by atoms with Crippen LogP contribution < -0.4 is 14.4 Å². The predicted molar refractivity (Wildman–Crippen MR) is 154 cm³/mol. The lowest BCUT2D eigenvalue weighted by atomic mass is 10.1. The number of benzene rings is 3. The van der Waals surface area contributed by atoms with Crippen molar-refractivity contribution < 1.29 is 22.7 Å². The maximum Gasteiger partial charge on any atom is 0.264 e. The fraction of sp³-hybridized carbons (Fsp3) is 0.286. The maximum atomic E-state index is 14.1. The van der Waals surface area contributed by atoms with Crippen molar-refractivity contribution in [3.63, 3.8) is 0 Å². The molecule has 11 heteroatoms. The molecule has 0 saturated heterocycles. The molecule has 1 N–H and O–H groups in total. The van der Waals surface area contributed by atoms with Crippen LogP contribution in [0.5, 0.6) is 5.75 Å². The minimum absolute atomic E-state index is 0.000371. The zero-order chi connectivity index (χ0) is 28.7. The monoisotopic (exact) mass is 591 g/mol. The van der Waals surface area contributed by atoms with E-state index in [4.69, 9.17) is 27.9 Å². The van der Waals surface area contributed by atoms with Crippen molar-refractivity contribution in [2.24, 2.45) is 0 Å². The predicted octanol–water partition coefficient (Wildman–Crippen LogP) is 5.06. The van der Waals surface area contributed by atoms with Crippen LogP contribution in [-0.2, 0) is 26.2 Å². The van der Waals surface area contributed by atoms with E-state index < -0.39 is 34.4 Å². The number of anilines is 1. The number of methoxy groups -OCH3 is 1. The second kappa shape index (κ2) is 13.2. The first-order valence-electron chi connectivity index (χ1n) is 12.2. The molecule has 3 rings (SSSR count). The van der Waals surface area contributed by atoms with E-state index in [0.29, 0.717) is 15.6 Å². The van der Waals surface area contributed by atoms with Gasteiger partial charge >= 0.3 is 0 Å². The molecule has 1 unspecified atom stereocenters. The highest BCUT2D eigenvalue weighted by Crippen LogP contribution is 2.34. The highest BCUT2D eigenvalue weighted by molar-refractivity contribution is 7.92. The van der Waals surface area contributed by atoms with Gasteiger partial charge in [0, 0.05) is 29.2 Å². The van der Waals surface area contributed by atoms with Crippen molar-refractivity contribution in [1.29, 1.82) is 0 Å². The minimum Gasteiger partial charge on any atom is -0.495 e. The van der Waals surface area contributed by atoms with Crippen LogP contribution in [0, 0.1) is 6.92 Å². The number of nitrogens with one attached hydrogen (secondary N) is 1. The Balaban J connectivity index is 2.16. The number of nitrogens with zero attached hydrogens (tertiary/aromatic N) is 2. The number of hydrogen-bond donors (Lipinski definition) is 1. The lowest BCUT2D eigenvalue weighted by Crippen LogP contribution is -2.51. The van der Waals surface area contributed by atoms with E-state index in [0.717, 1.165) is 9.87 Å². The second-order valence-corrected chi connectivity index (χ2v) is 11.4. The van der Waals surface area contributed by atoms with Crippen molar-refractivity contribution in [3.8, 4) is 5.75 Å². The number of likely N-dealkylation sites (N-methyl/N-ethyl adjacent to an activating group) is 1. The van der Waals surface area contributed by atoms with Crippen molar-refractivity contribution in [2.45, 2.75) is 37.8 Å². The fourth-order valence-corrected chi connectivity index (χ4v) is 6.12. The number of amides is 2. The van der Waals surface area contributed by atoms with Gasteiger partial charge in [-0.25, -0.2) is 8.42 Å². The number of halogens is 2. The third kappa shape index (κ3) is 6.84. The molecule has 0 spiro atoms. The number of carbonyl (C=O) groups is 2. The van der Waals surface area contributed by atoms with Gasteiger partial charge in [0.15, 0.2) is 0 Å². The Bertz CT molecular complexity index is 1410. The van der Waals surface area contributed by atoms with Gasteiger partial charge in [-0.3, -0.25) is 13.9 Å². The molecule has 8 nitrogen and oxygen atoms in total. The number of aryl methyl sites for hydroxylation is 1. The molecule has 2 amide bonds. The van der Waals surface area contributed by atoms with Crippen LogP contribution in [0.3, 0.4) is 0 Å². The topological polar surface area (TPSA) is 96.0 Å². The molecule has 0 aromatic heterocycles. The number of hydrogen-bond acceptors (Lipinski definition) is 5. The fourth-order valence-electron chi connectivity index (χ4n) is 4.17. The first-order valence-corrected chi connectivity index (χ1v) is 14.4. The Morgan fingerprint density at radius 3 is 2.21 bits per heavy atom. The van der Waals surface area contributed by atoms with Crippen LogP contribution in [0.15, 0.2) is 71.6 Å². The molecule has 3 aromatic rings. The van der Waals surface area contributed by atoms with Gasteiger partial charge in [0.2, 0.25) is 11.8 Å². The van der Waals surface area contributed by atoms with Crippen LogP contribution in [-0.4, -0.2) is 51.9 Å². The summed E-state index contributed by atoms with van der Waals surface area (Å²) in [4.78, 5) is 28.2. The van der Waals surface area contributed by atoms with E-state index in [1.807, 2.05) is 6.92 Å². The summed E-state index contributed by atoms with van der Waals surface area (Å²) in [6, 6.07) is 16.9. The zero-order valence-corrected chi connectivity index (χ0v) is 24.5. The first kappa shape index (κ1) is 30.3. The molecule has 0 aliphatic heterocycles. The molecule has 1 atom stereocenters.